The van der Waals surface area contributed by atoms with E-state index in [1.54, 1.807) is 11.8 Å². The molecular weight excluding hydrogens is 354 g/mol. The van der Waals surface area contributed by atoms with Crippen LogP contribution in [0.2, 0.25) is 0 Å². The zero-order valence-electron chi connectivity index (χ0n) is 16.0. The number of benzene rings is 1. The maximum absolute atomic E-state index is 5.45. The molecule has 5 rings (SSSR count). The lowest BCUT2D eigenvalue weighted by molar-refractivity contribution is 0.0681. The summed E-state index contributed by atoms with van der Waals surface area (Å²) >= 11 is 0. The quantitative estimate of drug-likeness (QED) is 0.589. The number of hydrogen-bond acceptors (Lipinski definition) is 6. The van der Waals surface area contributed by atoms with Crippen LogP contribution < -0.4 is 5.32 Å². The van der Waals surface area contributed by atoms with Crippen molar-refractivity contribution < 1.29 is 4.74 Å². The van der Waals surface area contributed by atoms with Crippen molar-refractivity contribution in [3.8, 4) is 11.1 Å². The van der Waals surface area contributed by atoms with Gasteiger partial charge in [0.1, 0.15) is 5.52 Å². The van der Waals surface area contributed by atoms with E-state index in [2.05, 4.69) is 43.9 Å². The molecule has 1 fully saturated rings. The highest BCUT2D eigenvalue weighted by Crippen LogP contribution is 2.28. The van der Waals surface area contributed by atoms with Gasteiger partial charge in [0.05, 0.1) is 23.3 Å². The molecule has 4 aromatic rings. The maximum atomic E-state index is 5.45. The van der Waals surface area contributed by atoms with Crippen molar-refractivity contribution in [1.82, 2.24) is 29.6 Å². The Morgan fingerprint density at radius 1 is 1.11 bits per heavy atom. The van der Waals surface area contributed by atoms with E-state index >= 15 is 0 Å². The van der Waals surface area contributed by atoms with E-state index < -0.39 is 0 Å². The van der Waals surface area contributed by atoms with Gasteiger partial charge in [-0.1, -0.05) is 11.3 Å². The Balaban J connectivity index is 1.41. The number of fused-ring (bicyclic) bond motifs is 2. The van der Waals surface area contributed by atoms with Gasteiger partial charge in [0.2, 0.25) is 5.95 Å². The first-order chi connectivity index (χ1) is 13.7. The third-order valence-electron chi connectivity index (χ3n) is 5.68. The number of nitrogens with one attached hydrogen (secondary N) is 1. The van der Waals surface area contributed by atoms with Gasteiger partial charge < -0.3 is 10.1 Å². The molecule has 0 amide bonds. The fraction of sp³-hybridized carbons (Fsp3) is 0.400. The highest BCUT2D eigenvalue weighted by Gasteiger charge is 2.21. The topological polar surface area (TPSA) is 82.2 Å². The van der Waals surface area contributed by atoms with Crippen LogP contribution in [0.1, 0.15) is 25.7 Å². The molecule has 1 aromatic carbocycles. The van der Waals surface area contributed by atoms with Crippen molar-refractivity contribution in [2.75, 3.05) is 12.4 Å². The van der Waals surface area contributed by atoms with Gasteiger partial charge in [-0.25, -0.2) is 14.2 Å². The van der Waals surface area contributed by atoms with E-state index in [4.69, 9.17) is 4.74 Å². The minimum Gasteiger partial charge on any atom is -0.381 e. The normalized spacial score (nSPS) is 20.1. The van der Waals surface area contributed by atoms with Crippen LogP contribution in [0.25, 0.3) is 27.7 Å². The summed E-state index contributed by atoms with van der Waals surface area (Å²) in [4.78, 5) is 4.56. The number of rotatable bonds is 4. The van der Waals surface area contributed by atoms with Gasteiger partial charge in [-0.05, 0) is 49.4 Å². The molecule has 3 aromatic heterocycles. The fourth-order valence-corrected chi connectivity index (χ4v) is 4.03. The Morgan fingerprint density at radius 2 is 1.96 bits per heavy atom. The summed E-state index contributed by atoms with van der Waals surface area (Å²) in [7, 11) is 3.69. The second-order valence-electron chi connectivity index (χ2n) is 7.41. The van der Waals surface area contributed by atoms with E-state index in [1.165, 1.54) is 0 Å². The molecule has 1 aliphatic carbocycles. The molecule has 0 spiro atoms. The molecule has 0 radical (unpaired) electrons. The lowest BCUT2D eigenvalue weighted by Gasteiger charge is -2.28. The van der Waals surface area contributed by atoms with E-state index in [0.29, 0.717) is 18.1 Å². The third kappa shape index (κ3) is 2.99. The zero-order valence-corrected chi connectivity index (χ0v) is 16.0. The van der Waals surface area contributed by atoms with E-state index in [9.17, 15) is 0 Å². The molecule has 144 valence electrons. The molecule has 3 heterocycles. The largest absolute Gasteiger partial charge is 0.381 e. The molecule has 8 nitrogen and oxygen atoms in total. The molecule has 0 saturated heterocycles. The summed E-state index contributed by atoms with van der Waals surface area (Å²) in [5, 5.41) is 16.4. The lowest BCUT2D eigenvalue weighted by atomic mass is 9.93. The Bertz CT molecular complexity index is 1120. The number of ether oxygens (including phenoxy) is 1. The van der Waals surface area contributed by atoms with Gasteiger partial charge >= 0.3 is 0 Å². The SMILES string of the molecule is CO[C@H]1CC[C@@H](Nc2ncc3c(-c4ccc5nnn(C)c5c4)ccn3n2)CC1. The number of methoxy groups -OCH3 is 1. The minimum absolute atomic E-state index is 0.389. The summed E-state index contributed by atoms with van der Waals surface area (Å²) in [6.07, 6.45) is 8.57. The number of hydrogen-bond donors (Lipinski definition) is 1. The number of nitrogens with zero attached hydrogens (tertiary/aromatic N) is 6. The summed E-state index contributed by atoms with van der Waals surface area (Å²) in [6.45, 7) is 0. The molecule has 1 N–H and O–H groups in total. The summed E-state index contributed by atoms with van der Waals surface area (Å²) < 4.78 is 9.12. The maximum Gasteiger partial charge on any atom is 0.241 e. The van der Waals surface area contributed by atoms with Crippen LogP contribution in [0.4, 0.5) is 5.95 Å². The Kier molecular flexibility index (Phi) is 4.20. The van der Waals surface area contributed by atoms with Crippen LogP contribution in [0.3, 0.4) is 0 Å². The average molecular weight is 377 g/mol. The van der Waals surface area contributed by atoms with Crippen molar-refractivity contribution in [2.24, 2.45) is 7.05 Å². The van der Waals surface area contributed by atoms with Gasteiger partial charge in [0, 0.05) is 32.0 Å². The second-order valence-corrected chi connectivity index (χ2v) is 7.41. The van der Waals surface area contributed by atoms with Crippen molar-refractivity contribution >= 4 is 22.5 Å². The highest BCUT2D eigenvalue weighted by molar-refractivity contribution is 5.87. The molecule has 0 bridgehead atoms. The average Bonchev–Trinajstić information content (AvgIpc) is 3.32. The monoisotopic (exact) mass is 377 g/mol. The van der Waals surface area contributed by atoms with Crippen LogP contribution in [-0.2, 0) is 11.8 Å². The van der Waals surface area contributed by atoms with Gasteiger partial charge in [-0.3, -0.25) is 0 Å². The van der Waals surface area contributed by atoms with Crippen LogP contribution in [0.15, 0.2) is 36.7 Å². The van der Waals surface area contributed by atoms with Crippen molar-refractivity contribution in [1.29, 1.82) is 0 Å². The van der Waals surface area contributed by atoms with E-state index in [1.807, 2.05) is 30.0 Å². The van der Waals surface area contributed by atoms with Crippen molar-refractivity contribution in [2.45, 2.75) is 37.8 Å². The summed E-state index contributed by atoms with van der Waals surface area (Å²) in [5.74, 6) is 0.668. The fourth-order valence-electron chi connectivity index (χ4n) is 4.03. The van der Waals surface area contributed by atoms with Gasteiger partial charge in [-0.15, -0.1) is 10.2 Å². The smallest absolute Gasteiger partial charge is 0.241 e. The van der Waals surface area contributed by atoms with Crippen LogP contribution in [0.5, 0.6) is 0 Å². The first-order valence-electron chi connectivity index (χ1n) is 9.65. The predicted molar refractivity (Wildman–Crippen MR) is 107 cm³/mol. The van der Waals surface area contributed by atoms with Gasteiger partial charge in [0.15, 0.2) is 0 Å². The number of aromatic nitrogens is 6. The molecule has 1 saturated carbocycles. The first kappa shape index (κ1) is 17.1. The van der Waals surface area contributed by atoms with Gasteiger partial charge in [-0.2, -0.15) is 0 Å². The number of anilines is 1. The lowest BCUT2D eigenvalue weighted by Crippen LogP contribution is -2.30. The van der Waals surface area contributed by atoms with Crippen LogP contribution in [-0.4, -0.2) is 48.8 Å². The van der Waals surface area contributed by atoms with Crippen LogP contribution >= 0.6 is 0 Å². The van der Waals surface area contributed by atoms with Crippen molar-refractivity contribution in [3.05, 3.63) is 36.7 Å². The summed E-state index contributed by atoms with van der Waals surface area (Å²) in [5.41, 5.74) is 5.06. The van der Waals surface area contributed by atoms with E-state index in [0.717, 1.165) is 53.4 Å². The molecular formula is C20H23N7O. The molecule has 1 aliphatic rings. The molecule has 8 heteroatoms. The second kappa shape index (κ2) is 6.87. The summed E-state index contributed by atoms with van der Waals surface area (Å²) in [6, 6.07) is 8.63. The van der Waals surface area contributed by atoms with Gasteiger partial charge in [0.25, 0.3) is 0 Å². The first-order valence-corrected chi connectivity index (χ1v) is 9.65. The zero-order chi connectivity index (χ0) is 19.1. The highest BCUT2D eigenvalue weighted by atomic mass is 16.5. The Morgan fingerprint density at radius 3 is 2.79 bits per heavy atom. The Labute approximate surface area is 162 Å². The van der Waals surface area contributed by atoms with E-state index in [-0.39, 0.29) is 0 Å². The standard InChI is InChI=1S/C20H23N7O/c1-26-18-11-13(3-8-17(18)23-25-26)16-9-10-27-19(16)12-21-20(24-27)22-14-4-6-15(28-2)7-5-14/h3,8-12,14-15H,4-7H2,1-2H3,(H,22,24)/t14-,15+. The van der Waals surface area contributed by atoms with Crippen molar-refractivity contribution in [3.63, 3.8) is 0 Å². The minimum atomic E-state index is 0.389. The molecule has 0 atom stereocenters. The predicted octanol–water partition coefficient (Wildman–Crippen LogP) is 3.05. The third-order valence-corrected chi connectivity index (χ3v) is 5.68. The number of aryl methyl sites for hydroxylation is 1. The molecule has 0 aliphatic heterocycles. The Hall–Kier alpha value is -3.00. The van der Waals surface area contributed by atoms with Crippen LogP contribution in [0, 0.1) is 0 Å². The molecule has 0 unspecified atom stereocenters. The molecule has 28 heavy (non-hydrogen) atoms.